The summed E-state index contributed by atoms with van der Waals surface area (Å²) in [6.07, 6.45) is 2.13. The van der Waals surface area contributed by atoms with Crippen LogP contribution in [0.25, 0.3) is 0 Å². The maximum absolute atomic E-state index is 10.4. The summed E-state index contributed by atoms with van der Waals surface area (Å²) in [4.78, 5) is 0. The molecule has 0 heterocycles. The Morgan fingerprint density at radius 3 is 2.37 bits per heavy atom. The van der Waals surface area contributed by atoms with Crippen LogP contribution in [0, 0.1) is 0 Å². The fourth-order valence-electron chi connectivity index (χ4n) is 2.12. The number of rotatable bonds is 8. The molecule has 0 saturated heterocycles. The second kappa shape index (κ2) is 7.36. The van der Waals surface area contributed by atoms with Crippen LogP contribution >= 0.6 is 0 Å². The fraction of sp³-hybridized carbons (Fsp3) is 0.600. The lowest BCUT2D eigenvalue weighted by atomic mass is 9.92. The Bertz CT molecular complexity index is 388. The Hall–Kier alpha value is -1.26. The molecule has 4 nitrogen and oxygen atoms in total. The first kappa shape index (κ1) is 15.8. The maximum Gasteiger partial charge on any atom is 0.160 e. The summed E-state index contributed by atoms with van der Waals surface area (Å²) in [5, 5.41) is 10.4. The van der Waals surface area contributed by atoms with Gasteiger partial charge in [0.15, 0.2) is 11.5 Å². The zero-order chi connectivity index (χ0) is 14.3. The molecule has 1 aromatic carbocycles. The minimum atomic E-state index is -0.738. The summed E-state index contributed by atoms with van der Waals surface area (Å²) in [7, 11) is 4.89. The van der Waals surface area contributed by atoms with Gasteiger partial charge in [-0.25, -0.2) is 0 Å². The molecule has 0 bridgehead atoms. The van der Waals surface area contributed by atoms with Crippen LogP contribution in [-0.2, 0) is 11.2 Å². The Kier molecular flexibility index (Phi) is 6.12. The van der Waals surface area contributed by atoms with Crippen LogP contribution < -0.4 is 9.47 Å². The molecule has 0 aliphatic heterocycles. The van der Waals surface area contributed by atoms with Crippen LogP contribution in [-0.4, -0.2) is 38.6 Å². The molecule has 1 rings (SSSR count). The minimum Gasteiger partial charge on any atom is -0.493 e. The van der Waals surface area contributed by atoms with E-state index in [2.05, 4.69) is 0 Å². The lowest BCUT2D eigenvalue weighted by Crippen LogP contribution is -2.27. The lowest BCUT2D eigenvalue weighted by molar-refractivity contribution is 0.0409. The Labute approximate surface area is 115 Å². The van der Waals surface area contributed by atoms with Crippen molar-refractivity contribution in [3.8, 4) is 11.5 Å². The fourth-order valence-corrected chi connectivity index (χ4v) is 2.12. The molecule has 0 amide bonds. The number of methoxy groups -OCH3 is 3. The van der Waals surface area contributed by atoms with E-state index in [1.807, 2.05) is 25.1 Å². The van der Waals surface area contributed by atoms with Gasteiger partial charge >= 0.3 is 0 Å². The van der Waals surface area contributed by atoms with Gasteiger partial charge in [-0.05, 0) is 37.5 Å². The van der Waals surface area contributed by atoms with Crippen LogP contribution in [0.3, 0.4) is 0 Å². The van der Waals surface area contributed by atoms with Gasteiger partial charge in [0.25, 0.3) is 0 Å². The summed E-state index contributed by atoms with van der Waals surface area (Å²) >= 11 is 0. The molecule has 0 aromatic heterocycles. The van der Waals surface area contributed by atoms with Gasteiger partial charge in [0, 0.05) is 20.1 Å². The monoisotopic (exact) mass is 268 g/mol. The van der Waals surface area contributed by atoms with Crippen molar-refractivity contribution >= 4 is 0 Å². The van der Waals surface area contributed by atoms with E-state index in [1.54, 1.807) is 21.3 Å². The van der Waals surface area contributed by atoms with Crippen molar-refractivity contribution in [2.24, 2.45) is 0 Å². The van der Waals surface area contributed by atoms with E-state index in [9.17, 15) is 5.11 Å². The van der Waals surface area contributed by atoms with Crippen molar-refractivity contribution in [2.75, 3.05) is 27.9 Å². The molecule has 0 radical (unpaired) electrons. The molecule has 1 N–H and O–H groups in total. The number of hydrogen-bond donors (Lipinski definition) is 1. The van der Waals surface area contributed by atoms with Crippen LogP contribution in [0.15, 0.2) is 18.2 Å². The first-order valence-corrected chi connectivity index (χ1v) is 6.44. The van der Waals surface area contributed by atoms with Gasteiger partial charge in [-0.2, -0.15) is 0 Å². The normalized spacial score (nSPS) is 13.9. The number of hydrogen-bond acceptors (Lipinski definition) is 4. The third-order valence-electron chi connectivity index (χ3n) is 3.10. The van der Waals surface area contributed by atoms with Gasteiger partial charge in [0.1, 0.15) is 0 Å². The summed E-state index contributed by atoms with van der Waals surface area (Å²) in [6, 6.07) is 5.72. The highest BCUT2D eigenvalue weighted by Gasteiger charge is 2.21. The van der Waals surface area contributed by atoms with Crippen LogP contribution in [0.5, 0.6) is 11.5 Å². The molecule has 0 spiro atoms. The molecular weight excluding hydrogens is 244 g/mol. The lowest BCUT2D eigenvalue weighted by Gasteiger charge is -2.23. The quantitative estimate of drug-likeness (QED) is 0.736. The van der Waals surface area contributed by atoms with Gasteiger partial charge in [-0.15, -0.1) is 0 Å². The van der Waals surface area contributed by atoms with E-state index in [0.29, 0.717) is 30.9 Å². The van der Waals surface area contributed by atoms with Crippen LogP contribution in [0.1, 0.15) is 25.3 Å². The second-order valence-corrected chi connectivity index (χ2v) is 4.96. The van der Waals surface area contributed by atoms with E-state index in [1.165, 1.54) is 0 Å². The van der Waals surface area contributed by atoms with Gasteiger partial charge in [-0.1, -0.05) is 6.07 Å². The van der Waals surface area contributed by atoms with E-state index < -0.39 is 5.60 Å². The maximum atomic E-state index is 10.4. The first-order chi connectivity index (χ1) is 9.02. The summed E-state index contributed by atoms with van der Waals surface area (Å²) in [5.74, 6) is 1.39. The standard InChI is InChI=1S/C15H24O4/c1-15(16,8-5-9-17-2)11-12-6-7-13(18-3)14(10-12)19-4/h6-7,10,16H,5,8-9,11H2,1-4H3. The molecule has 108 valence electrons. The van der Waals surface area contributed by atoms with E-state index in [4.69, 9.17) is 14.2 Å². The van der Waals surface area contributed by atoms with Crippen molar-refractivity contribution in [3.05, 3.63) is 23.8 Å². The molecule has 19 heavy (non-hydrogen) atoms. The van der Waals surface area contributed by atoms with Crippen molar-refractivity contribution in [1.29, 1.82) is 0 Å². The molecule has 0 fully saturated rings. The SMILES string of the molecule is COCCCC(C)(O)Cc1ccc(OC)c(OC)c1. The van der Waals surface area contributed by atoms with Crippen molar-refractivity contribution in [2.45, 2.75) is 31.8 Å². The zero-order valence-electron chi connectivity index (χ0n) is 12.2. The zero-order valence-corrected chi connectivity index (χ0v) is 12.2. The number of aliphatic hydroxyl groups is 1. The third-order valence-corrected chi connectivity index (χ3v) is 3.10. The van der Waals surface area contributed by atoms with E-state index >= 15 is 0 Å². The summed E-state index contributed by atoms with van der Waals surface area (Å²) in [5.41, 5.74) is 0.290. The topological polar surface area (TPSA) is 47.9 Å². The van der Waals surface area contributed by atoms with Gasteiger partial charge in [-0.3, -0.25) is 0 Å². The first-order valence-electron chi connectivity index (χ1n) is 6.44. The number of ether oxygens (including phenoxy) is 3. The molecule has 1 aromatic rings. The van der Waals surface area contributed by atoms with E-state index in [0.717, 1.165) is 12.0 Å². The highest BCUT2D eigenvalue weighted by molar-refractivity contribution is 5.43. The predicted molar refractivity (Wildman–Crippen MR) is 75.0 cm³/mol. The second-order valence-electron chi connectivity index (χ2n) is 4.96. The Morgan fingerprint density at radius 2 is 1.79 bits per heavy atom. The number of benzene rings is 1. The molecule has 4 heteroatoms. The highest BCUT2D eigenvalue weighted by atomic mass is 16.5. The van der Waals surface area contributed by atoms with Gasteiger partial charge in [0.05, 0.1) is 19.8 Å². The van der Waals surface area contributed by atoms with Crippen LogP contribution in [0.2, 0.25) is 0 Å². The molecule has 0 saturated carbocycles. The minimum absolute atomic E-state index is 0.580. The Balaban J connectivity index is 2.70. The average molecular weight is 268 g/mol. The average Bonchev–Trinajstić information content (AvgIpc) is 2.38. The highest BCUT2D eigenvalue weighted by Crippen LogP contribution is 2.29. The van der Waals surface area contributed by atoms with E-state index in [-0.39, 0.29) is 0 Å². The van der Waals surface area contributed by atoms with Crippen molar-refractivity contribution in [1.82, 2.24) is 0 Å². The summed E-state index contributed by atoms with van der Waals surface area (Å²) in [6.45, 7) is 2.52. The van der Waals surface area contributed by atoms with Crippen molar-refractivity contribution in [3.63, 3.8) is 0 Å². The predicted octanol–water partition coefficient (Wildman–Crippen LogP) is 2.42. The smallest absolute Gasteiger partial charge is 0.160 e. The summed E-state index contributed by atoms with van der Waals surface area (Å²) < 4.78 is 15.5. The van der Waals surface area contributed by atoms with Gasteiger partial charge in [0.2, 0.25) is 0 Å². The molecular formula is C15H24O4. The van der Waals surface area contributed by atoms with Crippen molar-refractivity contribution < 1.29 is 19.3 Å². The Morgan fingerprint density at radius 1 is 1.11 bits per heavy atom. The molecule has 0 aliphatic rings. The van der Waals surface area contributed by atoms with Crippen LogP contribution in [0.4, 0.5) is 0 Å². The largest absolute Gasteiger partial charge is 0.493 e. The van der Waals surface area contributed by atoms with Gasteiger partial charge < -0.3 is 19.3 Å². The molecule has 1 unspecified atom stereocenters. The molecule has 0 aliphatic carbocycles. The third kappa shape index (κ3) is 5.09. The molecule has 1 atom stereocenters.